The lowest BCUT2D eigenvalue weighted by atomic mass is 10.2. The van der Waals surface area contributed by atoms with E-state index in [1.54, 1.807) is 32.4 Å². The van der Waals surface area contributed by atoms with Crippen LogP contribution in [0.3, 0.4) is 0 Å². The second kappa shape index (κ2) is 6.59. The number of aromatic nitrogens is 1. The van der Waals surface area contributed by atoms with Gasteiger partial charge in [-0.3, -0.25) is 9.59 Å². The Morgan fingerprint density at radius 3 is 3.06 bits per heavy atom. The highest BCUT2D eigenvalue weighted by Crippen LogP contribution is 2.15. The summed E-state index contributed by atoms with van der Waals surface area (Å²) in [5.74, 6) is 0.135. The molecule has 0 radical (unpaired) electrons. The van der Waals surface area contributed by atoms with Crippen LogP contribution in [0.25, 0.3) is 0 Å². The van der Waals surface area contributed by atoms with Gasteiger partial charge >= 0.3 is 5.97 Å². The Morgan fingerprint density at radius 1 is 1.65 bits per heavy atom. The van der Waals surface area contributed by atoms with E-state index in [0.29, 0.717) is 17.8 Å². The minimum atomic E-state index is -0.351. The quantitative estimate of drug-likeness (QED) is 0.554. The average Bonchev–Trinajstić information content (AvgIpc) is 2.36. The molecule has 0 aromatic carbocycles. The van der Waals surface area contributed by atoms with E-state index in [9.17, 15) is 9.59 Å². The standard InChI is InChI=1S/C11H15N3O3/c1-12-6-10(16)17-7-9-4-3-5-13-11(9)14(2)8-15/h3-5,8,12H,6-7H2,1-2H3. The minimum absolute atomic E-state index is 0.0991. The number of nitrogens with zero attached hydrogens (tertiary/aromatic N) is 2. The van der Waals surface area contributed by atoms with Crippen LogP contribution >= 0.6 is 0 Å². The second-order valence-electron chi connectivity index (χ2n) is 3.39. The lowest BCUT2D eigenvalue weighted by Gasteiger charge is -2.14. The normalized spacial score (nSPS) is 9.76. The van der Waals surface area contributed by atoms with Gasteiger partial charge in [0.2, 0.25) is 6.41 Å². The predicted octanol–water partition coefficient (Wildman–Crippen LogP) is -0.0632. The molecule has 1 rings (SSSR count). The summed E-state index contributed by atoms with van der Waals surface area (Å²) in [6.45, 7) is 0.251. The van der Waals surface area contributed by atoms with Gasteiger partial charge in [0.1, 0.15) is 12.4 Å². The number of anilines is 1. The van der Waals surface area contributed by atoms with E-state index in [2.05, 4.69) is 10.3 Å². The van der Waals surface area contributed by atoms with E-state index in [1.165, 1.54) is 4.90 Å². The van der Waals surface area contributed by atoms with Crippen LogP contribution in [0.4, 0.5) is 5.82 Å². The summed E-state index contributed by atoms with van der Waals surface area (Å²) in [5.41, 5.74) is 0.687. The van der Waals surface area contributed by atoms with Crippen LogP contribution in [-0.4, -0.2) is 38.0 Å². The molecule has 0 saturated heterocycles. The average molecular weight is 237 g/mol. The van der Waals surface area contributed by atoms with E-state index in [1.807, 2.05) is 0 Å². The molecule has 1 heterocycles. The van der Waals surface area contributed by atoms with E-state index in [0.717, 1.165) is 0 Å². The zero-order valence-electron chi connectivity index (χ0n) is 9.84. The molecule has 6 heteroatoms. The van der Waals surface area contributed by atoms with Gasteiger partial charge in [-0.1, -0.05) is 6.07 Å². The monoisotopic (exact) mass is 237 g/mol. The fourth-order valence-electron chi connectivity index (χ4n) is 1.26. The molecule has 0 spiro atoms. The van der Waals surface area contributed by atoms with Gasteiger partial charge < -0.3 is 15.0 Å². The van der Waals surface area contributed by atoms with Crippen molar-refractivity contribution < 1.29 is 14.3 Å². The molecule has 0 aliphatic heterocycles. The maximum Gasteiger partial charge on any atom is 0.320 e. The molecule has 1 N–H and O–H groups in total. The Balaban J connectivity index is 2.70. The first-order chi connectivity index (χ1) is 8.19. The van der Waals surface area contributed by atoms with Crippen LogP contribution in [0, 0.1) is 0 Å². The van der Waals surface area contributed by atoms with Gasteiger partial charge in [-0.05, 0) is 13.1 Å². The number of ether oxygens (including phenoxy) is 1. The highest BCUT2D eigenvalue weighted by atomic mass is 16.5. The molecule has 1 amide bonds. The van der Waals surface area contributed by atoms with Gasteiger partial charge in [-0.2, -0.15) is 0 Å². The van der Waals surface area contributed by atoms with Crippen LogP contribution in [-0.2, 0) is 20.9 Å². The molecule has 1 aromatic rings. The van der Waals surface area contributed by atoms with Gasteiger partial charge in [0, 0.05) is 18.8 Å². The number of amides is 1. The molecule has 6 nitrogen and oxygen atoms in total. The summed E-state index contributed by atoms with van der Waals surface area (Å²) in [6.07, 6.45) is 2.23. The van der Waals surface area contributed by atoms with Crippen molar-refractivity contribution in [3.63, 3.8) is 0 Å². The van der Waals surface area contributed by atoms with E-state index < -0.39 is 0 Å². The molecule has 92 valence electrons. The number of likely N-dealkylation sites (N-methyl/N-ethyl adjacent to an activating group) is 1. The van der Waals surface area contributed by atoms with Crippen LogP contribution in [0.5, 0.6) is 0 Å². The van der Waals surface area contributed by atoms with Gasteiger partial charge in [-0.15, -0.1) is 0 Å². The Bertz CT molecular complexity index is 395. The molecule has 0 atom stereocenters. The molecule has 0 saturated carbocycles. The summed E-state index contributed by atoms with van der Waals surface area (Å²) < 4.78 is 5.02. The Hall–Kier alpha value is -1.95. The van der Waals surface area contributed by atoms with Crippen molar-refractivity contribution in [3.05, 3.63) is 23.9 Å². The van der Waals surface area contributed by atoms with E-state index in [-0.39, 0.29) is 19.1 Å². The highest BCUT2D eigenvalue weighted by Gasteiger charge is 2.09. The maximum atomic E-state index is 11.2. The molecule has 17 heavy (non-hydrogen) atoms. The van der Waals surface area contributed by atoms with Crippen LogP contribution in [0.2, 0.25) is 0 Å². The van der Waals surface area contributed by atoms with Crippen molar-refractivity contribution in [3.8, 4) is 0 Å². The number of nitrogens with one attached hydrogen (secondary N) is 1. The van der Waals surface area contributed by atoms with E-state index in [4.69, 9.17) is 4.74 Å². The Kier molecular flexibility index (Phi) is 5.09. The highest BCUT2D eigenvalue weighted by molar-refractivity contribution is 5.74. The predicted molar refractivity (Wildman–Crippen MR) is 62.4 cm³/mol. The first-order valence-corrected chi connectivity index (χ1v) is 5.11. The molecule has 0 aliphatic rings. The van der Waals surface area contributed by atoms with Crippen LogP contribution in [0.1, 0.15) is 5.56 Å². The number of carbonyl (C=O) groups is 2. The maximum absolute atomic E-state index is 11.2. The van der Waals surface area contributed by atoms with Crippen molar-refractivity contribution in [1.82, 2.24) is 10.3 Å². The van der Waals surface area contributed by atoms with Crippen molar-refractivity contribution >= 4 is 18.2 Å². The van der Waals surface area contributed by atoms with E-state index >= 15 is 0 Å². The summed E-state index contributed by atoms with van der Waals surface area (Å²) in [6, 6.07) is 3.48. The number of hydrogen-bond donors (Lipinski definition) is 1. The first kappa shape index (κ1) is 13.1. The second-order valence-corrected chi connectivity index (χ2v) is 3.39. The third-order valence-electron chi connectivity index (χ3n) is 2.07. The molecule has 0 unspecified atom stereocenters. The lowest BCUT2D eigenvalue weighted by Crippen LogP contribution is -2.22. The van der Waals surface area contributed by atoms with Crippen LogP contribution < -0.4 is 10.2 Å². The SMILES string of the molecule is CNCC(=O)OCc1cccnc1N(C)C=O. The first-order valence-electron chi connectivity index (χ1n) is 5.11. The fraction of sp³-hybridized carbons (Fsp3) is 0.364. The smallest absolute Gasteiger partial charge is 0.320 e. The number of rotatable bonds is 6. The Labute approximate surface area is 99.6 Å². The number of carbonyl (C=O) groups excluding carboxylic acids is 2. The molecule has 0 fully saturated rings. The largest absolute Gasteiger partial charge is 0.460 e. The van der Waals surface area contributed by atoms with Gasteiger partial charge in [0.05, 0.1) is 6.54 Å². The summed E-state index contributed by atoms with van der Waals surface area (Å²) in [7, 11) is 3.26. The lowest BCUT2D eigenvalue weighted by molar-refractivity contribution is -0.143. The molecule has 1 aromatic heterocycles. The van der Waals surface area contributed by atoms with Crippen molar-refractivity contribution in [2.24, 2.45) is 0 Å². The molecule has 0 aliphatic carbocycles. The molecule has 0 bridgehead atoms. The molecular formula is C11H15N3O3. The molecular weight excluding hydrogens is 222 g/mol. The summed E-state index contributed by atoms with van der Waals surface area (Å²) >= 11 is 0. The van der Waals surface area contributed by atoms with Gasteiger partial charge in [-0.25, -0.2) is 4.98 Å². The minimum Gasteiger partial charge on any atom is -0.460 e. The van der Waals surface area contributed by atoms with Crippen molar-refractivity contribution in [1.29, 1.82) is 0 Å². The summed E-state index contributed by atoms with van der Waals surface area (Å²) in [5, 5.41) is 2.70. The van der Waals surface area contributed by atoms with Gasteiger partial charge in [0.15, 0.2) is 0 Å². The van der Waals surface area contributed by atoms with Crippen LogP contribution in [0.15, 0.2) is 18.3 Å². The zero-order chi connectivity index (χ0) is 12.7. The third kappa shape index (κ3) is 3.84. The fourth-order valence-corrected chi connectivity index (χ4v) is 1.26. The number of pyridine rings is 1. The number of esters is 1. The zero-order valence-corrected chi connectivity index (χ0v) is 9.84. The van der Waals surface area contributed by atoms with Crippen molar-refractivity contribution in [2.75, 3.05) is 25.5 Å². The summed E-state index contributed by atoms with van der Waals surface area (Å²) in [4.78, 5) is 27.2. The van der Waals surface area contributed by atoms with Gasteiger partial charge in [0.25, 0.3) is 0 Å². The number of hydrogen-bond acceptors (Lipinski definition) is 5. The topological polar surface area (TPSA) is 71.5 Å². The Morgan fingerprint density at radius 2 is 2.41 bits per heavy atom. The van der Waals surface area contributed by atoms with Crippen molar-refractivity contribution in [2.45, 2.75) is 6.61 Å². The third-order valence-corrected chi connectivity index (χ3v) is 2.07.